The second-order valence-corrected chi connectivity index (χ2v) is 10.3. The zero-order valence-corrected chi connectivity index (χ0v) is 20.5. The molecule has 3 aromatic rings. The van der Waals surface area contributed by atoms with Gasteiger partial charge in [0, 0.05) is 12.2 Å². The Morgan fingerprint density at radius 2 is 1.54 bits per heavy atom. The second kappa shape index (κ2) is 10.6. The molecule has 0 aliphatic carbocycles. The molecule has 35 heavy (non-hydrogen) atoms. The molecule has 0 saturated carbocycles. The fourth-order valence-corrected chi connectivity index (χ4v) is 5.83. The Bertz CT molecular complexity index is 1280. The third-order valence-electron chi connectivity index (χ3n) is 5.49. The molecule has 0 fully saturated rings. The molecule has 3 aromatic carbocycles. The highest BCUT2D eigenvalue weighted by atomic mass is 32.2. The van der Waals surface area contributed by atoms with Gasteiger partial charge in [0.2, 0.25) is 15.9 Å². The first-order valence-corrected chi connectivity index (χ1v) is 12.4. The molecule has 3 rings (SSSR count). The van der Waals surface area contributed by atoms with Gasteiger partial charge in [0.05, 0.1) is 17.0 Å². The number of carbonyl (C=O) groups excluding carboxylic acids is 1. The third kappa shape index (κ3) is 6.70. The fourth-order valence-electron chi connectivity index (χ4n) is 4.02. The minimum Gasteiger partial charge on any atom is -0.325 e. The molecule has 0 aliphatic rings. The van der Waals surface area contributed by atoms with E-state index < -0.39 is 34.2 Å². The molecule has 0 spiro atoms. The minimum atomic E-state index is -4.56. The molecule has 0 aromatic heterocycles. The molecule has 1 N–H and O–H groups in total. The zero-order valence-electron chi connectivity index (χ0n) is 19.7. The van der Waals surface area contributed by atoms with Crippen LogP contribution in [0.25, 0.3) is 0 Å². The number of alkyl halides is 3. The summed E-state index contributed by atoms with van der Waals surface area (Å²) in [6.07, 6.45) is -4.20. The number of rotatable bonds is 8. The van der Waals surface area contributed by atoms with Crippen molar-refractivity contribution < 1.29 is 26.4 Å². The predicted molar refractivity (Wildman–Crippen MR) is 130 cm³/mol. The normalized spacial score (nSPS) is 12.1. The Morgan fingerprint density at radius 1 is 0.914 bits per heavy atom. The third-order valence-corrected chi connectivity index (χ3v) is 7.64. The number of amides is 1. The van der Waals surface area contributed by atoms with Crippen molar-refractivity contribution in [3.63, 3.8) is 0 Å². The highest BCUT2D eigenvalue weighted by Gasteiger charge is 2.31. The first-order valence-electron chi connectivity index (χ1n) is 11.0. The van der Waals surface area contributed by atoms with Crippen LogP contribution in [0.3, 0.4) is 0 Å². The average molecular weight is 505 g/mol. The Hall–Kier alpha value is -3.17. The van der Waals surface area contributed by atoms with Crippen molar-refractivity contribution in [3.05, 3.63) is 94.5 Å². The van der Waals surface area contributed by atoms with E-state index in [4.69, 9.17) is 0 Å². The number of nitrogens with one attached hydrogen (secondary N) is 1. The van der Waals surface area contributed by atoms with E-state index in [0.717, 1.165) is 27.6 Å². The molecule has 9 heteroatoms. The van der Waals surface area contributed by atoms with E-state index in [1.54, 1.807) is 26.0 Å². The molecule has 1 amide bonds. The molecule has 0 aliphatic heterocycles. The van der Waals surface area contributed by atoms with Crippen LogP contribution in [0.15, 0.2) is 71.6 Å². The Kier molecular flexibility index (Phi) is 8.02. The van der Waals surface area contributed by atoms with E-state index in [1.807, 2.05) is 37.3 Å². The Balaban J connectivity index is 1.89. The van der Waals surface area contributed by atoms with Crippen molar-refractivity contribution in [1.29, 1.82) is 0 Å². The van der Waals surface area contributed by atoms with Crippen LogP contribution in [0.1, 0.15) is 27.8 Å². The molecule has 0 heterocycles. The van der Waals surface area contributed by atoms with E-state index in [-0.39, 0.29) is 17.1 Å². The number of hydrogen-bond donors (Lipinski definition) is 1. The van der Waals surface area contributed by atoms with Crippen LogP contribution in [-0.2, 0) is 27.4 Å². The van der Waals surface area contributed by atoms with Crippen molar-refractivity contribution >= 4 is 21.6 Å². The van der Waals surface area contributed by atoms with Crippen LogP contribution < -0.4 is 5.32 Å². The van der Waals surface area contributed by atoms with Crippen molar-refractivity contribution in [1.82, 2.24) is 4.31 Å². The van der Waals surface area contributed by atoms with Gasteiger partial charge in [-0.15, -0.1) is 0 Å². The summed E-state index contributed by atoms with van der Waals surface area (Å²) in [7, 11) is -4.08. The SMILES string of the molecule is Cc1cc(C)c(S(=O)(=O)N(CCc2ccccc2)CC(=O)Nc2cccc(C(F)(F)F)c2)c(C)c1. The van der Waals surface area contributed by atoms with Crippen LogP contribution in [0.5, 0.6) is 0 Å². The number of sulfonamides is 1. The summed E-state index contributed by atoms with van der Waals surface area (Å²) >= 11 is 0. The van der Waals surface area contributed by atoms with Crippen LogP contribution in [0, 0.1) is 20.8 Å². The maximum absolute atomic E-state index is 13.7. The van der Waals surface area contributed by atoms with Gasteiger partial charge < -0.3 is 5.32 Å². The summed E-state index contributed by atoms with van der Waals surface area (Å²) in [6.45, 7) is 4.75. The predicted octanol–water partition coefficient (Wildman–Crippen LogP) is 5.50. The van der Waals surface area contributed by atoms with Crippen molar-refractivity contribution in [3.8, 4) is 0 Å². The summed E-state index contributed by atoms with van der Waals surface area (Å²) in [6, 6.07) is 17.0. The average Bonchev–Trinajstić information content (AvgIpc) is 2.76. The van der Waals surface area contributed by atoms with Crippen LogP contribution >= 0.6 is 0 Å². The maximum Gasteiger partial charge on any atom is 0.416 e. The van der Waals surface area contributed by atoms with Gasteiger partial charge in [0.1, 0.15) is 0 Å². The zero-order chi connectivity index (χ0) is 25.8. The van der Waals surface area contributed by atoms with Gasteiger partial charge in [-0.3, -0.25) is 4.79 Å². The van der Waals surface area contributed by atoms with E-state index >= 15 is 0 Å². The molecule has 0 atom stereocenters. The lowest BCUT2D eigenvalue weighted by molar-refractivity contribution is -0.137. The minimum absolute atomic E-state index is 0.0229. The molecule has 0 unspecified atom stereocenters. The number of benzene rings is 3. The summed E-state index contributed by atoms with van der Waals surface area (Å²) in [4.78, 5) is 12.9. The van der Waals surface area contributed by atoms with Gasteiger partial charge in [-0.2, -0.15) is 17.5 Å². The lowest BCUT2D eigenvalue weighted by Gasteiger charge is -2.24. The van der Waals surface area contributed by atoms with Gasteiger partial charge >= 0.3 is 6.18 Å². The summed E-state index contributed by atoms with van der Waals surface area (Å²) < 4.78 is 67.5. The highest BCUT2D eigenvalue weighted by Crippen LogP contribution is 2.31. The highest BCUT2D eigenvalue weighted by molar-refractivity contribution is 7.89. The first-order chi connectivity index (χ1) is 16.4. The van der Waals surface area contributed by atoms with E-state index in [0.29, 0.717) is 17.5 Å². The smallest absolute Gasteiger partial charge is 0.325 e. The van der Waals surface area contributed by atoms with Crippen LogP contribution in [0.4, 0.5) is 18.9 Å². The molecule has 0 radical (unpaired) electrons. The molecular formula is C26H27F3N2O3S. The van der Waals surface area contributed by atoms with Gasteiger partial charge in [-0.1, -0.05) is 54.1 Å². The first kappa shape index (κ1) is 26.4. The summed E-state index contributed by atoms with van der Waals surface area (Å²) in [5, 5.41) is 2.40. The number of anilines is 1. The lowest BCUT2D eigenvalue weighted by Crippen LogP contribution is -2.40. The second-order valence-electron chi connectivity index (χ2n) is 8.43. The number of aryl methyl sites for hydroxylation is 3. The van der Waals surface area contributed by atoms with Crippen molar-refractivity contribution in [2.45, 2.75) is 38.3 Å². The molecule has 5 nitrogen and oxygen atoms in total. The van der Waals surface area contributed by atoms with Gasteiger partial charge in [-0.05, 0) is 62.1 Å². The molecule has 0 saturated heterocycles. The van der Waals surface area contributed by atoms with Gasteiger partial charge in [-0.25, -0.2) is 8.42 Å². The number of carbonyl (C=O) groups is 1. The van der Waals surface area contributed by atoms with Crippen molar-refractivity contribution in [2.24, 2.45) is 0 Å². The number of hydrogen-bond acceptors (Lipinski definition) is 3. The van der Waals surface area contributed by atoms with Gasteiger partial charge in [0.25, 0.3) is 0 Å². The molecule has 186 valence electrons. The fraction of sp³-hybridized carbons (Fsp3) is 0.269. The summed E-state index contributed by atoms with van der Waals surface area (Å²) in [5.41, 5.74) is 1.96. The van der Waals surface area contributed by atoms with E-state index in [9.17, 15) is 26.4 Å². The molecular weight excluding hydrogens is 477 g/mol. The largest absolute Gasteiger partial charge is 0.416 e. The monoisotopic (exact) mass is 504 g/mol. The van der Waals surface area contributed by atoms with Crippen LogP contribution in [-0.4, -0.2) is 31.7 Å². The lowest BCUT2D eigenvalue weighted by atomic mass is 10.1. The number of halogens is 3. The van der Waals surface area contributed by atoms with Crippen molar-refractivity contribution in [2.75, 3.05) is 18.4 Å². The molecule has 0 bridgehead atoms. The Labute approximate surface area is 203 Å². The van der Waals surface area contributed by atoms with E-state index in [1.165, 1.54) is 12.1 Å². The maximum atomic E-state index is 13.7. The quantitative estimate of drug-likeness (QED) is 0.440. The topological polar surface area (TPSA) is 66.5 Å². The van der Waals surface area contributed by atoms with Gasteiger partial charge in [0.15, 0.2) is 0 Å². The van der Waals surface area contributed by atoms with Crippen LogP contribution in [0.2, 0.25) is 0 Å². The number of nitrogens with zero attached hydrogens (tertiary/aromatic N) is 1. The standard InChI is InChI=1S/C26H27F3N2O3S/c1-18-14-19(2)25(20(3)15-18)35(33,34)31(13-12-21-8-5-4-6-9-21)17-24(32)30-23-11-7-10-22(16-23)26(27,28)29/h4-11,14-16H,12-13,17H2,1-3H3,(H,30,32). The Morgan fingerprint density at radius 3 is 2.14 bits per heavy atom. The van der Waals surface area contributed by atoms with E-state index in [2.05, 4.69) is 5.32 Å². The summed E-state index contributed by atoms with van der Waals surface area (Å²) in [5.74, 6) is -0.733.